The van der Waals surface area contributed by atoms with Gasteiger partial charge in [-0.25, -0.2) is 4.98 Å². The van der Waals surface area contributed by atoms with Crippen molar-refractivity contribution in [1.82, 2.24) is 4.98 Å². The molecule has 0 fully saturated rings. The number of rotatable bonds is 3. The minimum absolute atomic E-state index is 0.0609. The predicted molar refractivity (Wildman–Crippen MR) is 81.0 cm³/mol. The van der Waals surface area contributed by atoms with E-state index in [4.69, 9.17) is 10.00 Å². The molecule has 0 spiro atoms. The first-order chi connectivity index (χ1) is 9.40. The smallest absolute Gasteiger partial charge is 0.140 e. The van der Waals surface area contributed by atoms with E-state index in [1.165, 1.54) is 0 Å². The summed E-state index contributed by atoms with van der Waals surface area (Å²) in [5, 5.41) is 12.0. The molecule has 1 aromatic heterocycles. The Morgan fingerprint density at radius 2 is 2.10 bits per heavy atom. The molecule has 0 saturated heterocycles. The molecule has 2 rings (SSSR count). The Balaban J connectivity index is 2.09. The molecular weight excluding hydrogens is 268 g/mol. The van der Waals surface area contributed by atoms with E-state index < -0.39 is 0 Å². The van der Waals surface area contributed by atoms with Crippen LogP contribution in [-0.4, -0.2) is 4.98 Å². The molecule has 3 nitrogen and oxygen atoms in total. The molecule has 0 bridgehead atoms. The van der Waals surface area contributed by atoms with Gasteiger partial charge in [0.1, 0.15) is 17.4 Å². The van der Waals surface area contributed by atoms with E-state index in [-0.39, 0.29) is 5.41 Å². The average molecular weight is 286 g/mol. The normalized spacial score (nSPS) is 11.2. The molecule has 2 aromatic rings. The van der Waals surface area contributed by atoms with Crippen LogP contribution < -0.4 is 4.74 Å². The molecule has 20 heavy (non-hydrogen) atoms. The van der Waals surface area contributed by atoms with Crippen LogP contribution in [0.1, 0.15) is 42.6 Å². The van der Waals surface area contributed by atoms with Crippen molar-refractivity contribution in [3.8, 4) is 11.8 Å². The van der Waals surface area contributed by atoms with Gasteiger partial charge in [-0.15, -0.1) is 11.3 Å². The monoisotopic (exact) mass is 286 g/mol. The number of hydrogen-bond donors (Lipinski definition) is 0. The van der Waals surface area contributed by atoms with Gasteiger partial charge in [0.2, 0.25) is 0 Å². The highest BCUT2D eigenvalue weighted by atomic mass is 32.1. The van der Waals surface area contributed by atoms with E-state index in [1.54, 1.807) is 23.5 Å². The topological polar surface area (TPSA) is 45.9 Å². The molecular formula is C16H18N2OS. The molecule has 1 heterocycles. The lowest BCUT2D eigenvalue weighted by atomic mass is 9.93. The SMILES string of the molecule is Cc1ccc(C#N)cc1OCc1nc(C(C)(C)C)cs1. The minimum atomic E-state index is 0.0609. The van der Waals surface area contributed by atoms with Gasteiger partial charge >= 0.3 is 0 Å². The first-order valence-electron chi connectivity index (χ1n) is 6.48. The molecule has 1 aromatic carbocycles. The van der Waals surface area contributed by atoms with E-state index in [1.807, 2.05) is 13.0 Å². The van der Waals surface area contributed by atoms with E-state index in [0.29, 0.717) is 12.2 Å². The van der Waals surface area contributed by atoms with Crippen LogP contribution in [0.15, 0.2) is 23.6 Å². The highest BCUT2D eigenvalue weighted by Crippen LogP contribution is 2.25. The minimum Gasteiger partial charge on any atom is -0.486 e. The van der Waals surface area contributed by atoms with Crippen LogP contribution in [0, 0.1) is 18.3 Å². The quantitative estimate of drug-likeness (QED) is 0.849. The fourth-order valence-electron chi connectivity index (χ4n) is 1.69. The second kappa shape index (κ2) is 5.64. The number of thiazole rings is 1. The number of benzene rings is 1. The largest absolute Gasteiger partial charge is 0.486 e. The van der Waals surface area contributed by atoms with Crippen LogP contribution in [0.25, 0.3) is 0 Å². The van der Waals surface area contributed by atoms with Crippen molar-refractivity contribution in [2.75, 3.05) is 0 Å². The fourth-order valence-corrected chi connectivity index (χ4v) is 2.62. The summed E-state index contributed by atoms with van der Waals surface area (Å²) >= 11 is 1.61. The summed E-state index contributed by atoms with van der Waals surface area (Å²) in [6, 6.07) is 7.59. The van der Waals surface area contributed by atoms with Crippen LogP contribution in [0.5, 0.6) is 5.75 Å². The summed E-state index contributed by atoms with van der Waals surface area (Å²) in [5.74, 6) is 0.747. The first-order valence-corrected chi connectivity index (χ1v) is 7.36. The van der Waals surface area contributed by atoms with Crippen molar-refractivity contribution < 1.29 is 4.74 Å². The number of nitriles is 1. The zero-order valence-corrected chi connectivity index (χ0v) is 13.0. The number of aromatic nitrogens is 1. The lowest BCUT2D eigenvalue weighted by molar-refractivity contribution is 0.302. The van der Waals surface area contributed by atoms with Crippen LogP contribution in [-0.2, 0) is 12.0 Å². The molecule has 0 saturated carbocycles. The third kappa shape index (κ3) is 3.37. The number of ether oxygens (including phenoxy) is 1. The van der Waals surface area contributed by atoms with E-state index in [2.05, 4.69) is 37.2 Å². The summed E-state index contributed by atoms with van der Waals surface area (Å²) < 4.78 is 5.79. The van der Waals surface area contributed by atoms with Crippen molar-refractivity contribution >= 4 is 11.3 Å². The summed E-state index contributed by atoms with van der Waals surface area (Å²) in [5.41, 5.74) is 2.78. The second-order valence-electron chi connectivity index (χ2n) is 5.76. The average Bonchev–Trinajstić information content (AvgIpc) is 2.86. The van der Waals surface area contributed by atoms with Crippen molar-refractivity contribution in [3.63, 3.8) is 0 Å². The maximum Gasteiger partial charge on any atom is 0.140 e. The van der Waals surface area contributed by atoms with Crippen LogP contribution >= 0.6 is 11.3 Å². The van der Waals surface area contributed by atoms with Gasteiger partial charge in [0.05, 0.1) is 17.3 Å². The van der Waals surface area contributed by atoms with Gasteiger partial charge in [-0.3, -0.25) is 0 Å². The molecule has 0 aliphatic carbocycles. The van der Waals surface area contributed by atoms with Gasteiger partial charge in [-0.05, 0) is 24.6 Å². The van der Waals surface area contributed by atoms with Gasteiger partial charge in [-0.1, -0.05) is 26.8 Å². The highest BCUT2D eigenvalue weighted by Gasteiger charge is 2.17. The second-order valence-corrected chi connectivity index (χ2v) is 6.70. The predicted octanol–water partition coefficient (Wildman–Crippen LogP) is 4.20. The zero-order valence-electron chi connectivity index (χ0n) is 12.2. The Hall–Kier alpha value is -1.86. The summed E-state index contributed by atoms with van der Waals surface area (Å²) in [6.45, 7) is 8.85. The van der Waals surface area contributed by atoms with E-state index in [0.717, 1.165) is 22.0 Å². The molecule has 0 atom stereocenters. The lowest BCUT2D eigenvalue weighted by Gasteiger charge is -2.14. The van der Waals surface area contributed by atoms with E-state index in [9.17, 15) is 0 Å². The van der Waals surface area contributed by atoms with Crippen LogP contribution in [0.3, 0.4) is 0 Å². The summed E-state index contributed by atoms with van der Waals surface area (Å²) in [4.78, 5) is 4.60. The Morgan fingerprint density at radius 3 is 2.70 bits per heavy atom. The molecule has 104 valence electrons. The maximum atomic E-state index is 8.92. The first kappa shape index (κ1) is 14.5. The van der Waals surface area contributed by atoms with Gasteiger partial charge < -0.3 is 4.74 Å². The van der Waals surface area contributed by atoms with Crippen LogP contribution in [0.4, 0.5) is 0 Å². The molecule has 4 heteroatoms. The number of hydrogen-bond acceptors (Lipinski definition) is 4. The molecule has 0 aliphatic heterocycles. The summed E-state index contributed by atoms with van der Waals surface area (Å²) in [6.07, 6.45) is 0. The molecule has 0 aliphatic rings. The van der Waals surface area contributed by atoms with E-state index >= 15 is 0 Å². The Bertz CT molecular complexity index is 647. The molecule has 0 amide bonds. The van der Waals surface area contributed by atoms with Crippen molar-refractivity contribution in [2.24, 2.45) is 0 Å². The molecule has 0 N–H and O–H groups in total. The fraction of sp³-hybridized carbons (Fsp3) is 0.375. The molecule has 0 radical (unpaired) electrons. The third-order valence-electron chi connectivity index (χ3n) is 2.99. The van der Waals surface area contributed by atoms with Crippen molar-refractivity contribution in [2.45, 2.75) is 39.7 Å². The van der Waals surface area contributed by atoms with Gasteiger partial charge in [0, 0.05) is 10.8 Å². The Labute approximate surface area is 123 Å². The number of nitrogens with zero attached hydrogens (tertiary/aromatic N) is 2. The Morgan fingerprint density at radius 1 is 1.35 bits per heavy atom. The van der Waals surface area contributed by atoms with Gasteiger partial charge in [0.15, 0.2) is 0 Å². The van der Waals surface area contributed by atoms with Crippen LogP contribution in [0.2, 0.25) is 0 Å². The molecule has 0 unspecified atom stereocenters. The maximum absolute atomic E-state index is 8.92. The summed E-state index contributed by atoms with van der Waals surface area (Å²) in [7, 11) is 0. The highest BCUT2D eigenvalue weighted by molar-refractivity contribution is 7.09. The lowest BCUT2D eigenvalue weighted by Crippen LogP contribution is -2.11. The van der Waals surface area contributed by atoms with Gasteiger partial charge in [0.25, 0.3) is 0 Å². The van der Waals surface area contributed by atoms with Gasteiger partial charge in [-0.2, -0.15) is 5.26 Å². The van der Waals surface area contributed by atoms with Crippen molar-refractivity contribution in [3.05, 3.63) is 45.4 Å². The van der Waals surface area contributed by atoms with Crippen molar-refractivity contribution in [1.29, 1.82) is 5.26 Å². The zero-order chi connectivity index (χ0) is 14.8. The third-order valence-corrected chi connectivity index (χ3v) is 3.81. The Kier molecular flexibility index (Phi) is 4.10. The number of aryl methyl sites for hydroxylation is 1. The standard InChI is InChI=1S/C16H18N2OS/c1-11-5-6-12(8-17)7-13(11)19-9-15-18-14(10-20-15)16(2,3)4/h5-7,10H,9H2,1-4H3.